The molecule has 0 spiro atoms. The minimum Gasteiger partial charge on any atom is -0.508 e. The summed E-state index contributed by atoms with van der Waals surface area (Å²) in [5.74, 6) is -1.20. The number of ketones is 1. The molecule has 0 atom stereocenters. The van der Waals surface area contributed by atoms with Crippen LogP contribution >= 0.6 is 0 Å². The number of benzene rings is 1. The molecule has 0 amide bonds. The number of carbonyl (C=O) groups is 1. The van der Waals surface area contributed by atoms with Gasteiger partial charge < -0.3 is 9.84 Å². The number of hydrogen-bond acceptors (Lipinski definition) is 3. The van der Waals surface area contributed by atoms with Crippen LogP contribution in [-0.2, 0) is 11.2 Å². The Bertz CT molecular complexity index is 399. The van der Waals surface area contributed by atoms with Crippen LogP contribution in [0.4, 0.5) is 13.2 Å². The molecule has 0 fully saturated rings. The van der Waals surface area contributed by atoms with Crippen molar-refractivity contribution in [1.82, 2.24) is 0 Å². The van der Waals surface area contributed by atoms with Crippen molar-refractivity contribution in [3.63, 3.8) is 0 Å². The van der Waals surface area contributed by atoms with E-state index in [4.69, 9.17) is 5.11 Å². The van der Waals surface area contributed by atoms with Crippen LogP contribution in [0.1, 0.15) is 12.5 Å². The summed E-state index contributed by atoms with van der Waals surface area (Å²) in [6.45, 7) is 1.25. The Morgan fingerprint density at radius 3 is 2.56 bits per heavy atom. The smallest absolute Gasteiger partial charge is 0.508 e. The first kappa shape index (κ1) is 12.4. The van der Waals surface area contributed by atoms with Gasteiger partial charge in [-0.25, -0.2) is 0 Å². The summed E-state index contributed by atoms with van der Waals surface area (Å²) in [7, 11) is 0. The Labute approximate surface area is 89.5 Å². The maximum Gasteiger partial charge on any atom is 0.573 e. The molecule has 6 heteroatoms. The summed E-state index contributed by atoms with van der Waals surface area (Å²) in [6, 6.07) is 3.24. The van der Waals surface area contributed by atoms with E-state index in [1.54, 1.807) is 0 Å². The maximum atomic E-state index is 12.0. The molecule has 0 radical (unpaired) electrons. The normalized spacial score (nSPS) is 11.2. The van der Waals surface area contributed by atoms with Gasteiger partial charge in [0.2, 0.25) is 0 Å². The van der Waals surface area contributed by atoms with E-state index in [9.17, 15) is 18.0 Å². The minimum atomic E-state index is -4.85. The molecule has 1 aromatic carbocycles. The number of alkyl halides is 3. The SMILES string of the molecule is CC(=O)Cc1ccc(O)cc1OC(F)(F)F. The minimum absolute atomic E-state index is 0.0858. The molecule has 0 saturated carbocycles. The number of ether oxygens (including phenoxy) is 1. The molecule has 0 unspecified atom stereocenters. The Morgan fingerprint density at radius 2 is 2.06 bits per heavy atom. The van der Waals surface area contributed by atoms with Crippen LogP contribution in [0.3, 0.4) is 0 Å². The Morgan fingerprint density at radius 1 is 1.44 bits per heavy atom. The third kappa shape index (κ3) is 3.80. The number of hydrogen-bond donors (Lipinski definition) is 1. The fraction of sp³-hybridized carbons (Fsp3) is 0.300. The molecular weight excluding hydrogens is 225 g/mol. The van der Waals surface area contributed by atoms with Crippen molar-refractivity contribution < 1.29 is 27.8 Å². The Balaban J connectivity index is 3.03. The van der Waals surface area contributed by atoms with Gasteiger partial charge in [0, 0.05) is 18.1 Å². The van der Waals surface area contributed by atoms with Crippen molar-refractivity contribution in [2.45, 2.75) is 19.7 Å². The van der Waals surface area contributed by atoms with E-state index in [0.29, 0.717) is 0 Å². The van der Waals surface area contributed by atoms with E-state index in [2.05, 4.69) is 4.74 Å². The fourth-order valence-electron chi connectivity index (χ4n) is 1.18. The number of aromatic hydroxyl groups is 1. The molecule has 0 heterocycles. The number of halogens is 3. The third-order valence-electron chi connectivity index (χ3n) is 1.72. The van der Waals surface area contributed by atoms with Gasteiger partial charge in [-0.1, -0.05) is 6.07 Å². The molecule has 0 aromatic heterocycles. The average molecular weight is 234 g/mol. The van der Waals surface area contributed by atoms with Gasteiger partial charge in [0.15, 0.2) is 0 Å². The van der Waals surface area contributed by atoms with E-state index < -0.39 is 12.1 Å². The molecule has 0 saturated heterocycles. The van der Waals surface area contributed by atoms with Gasteiger partial charge >= 0.3 is 6.36 Å². The first-order valence-corrected chi connectivity index (χ1v) is 4.35. The van der Waals surface area contributed by atoms with Crippen molar-refractivity contribution in [3.8, 4) is 11.5 Å². The second-order valence-corrected chi connectivity index (χ2v) is 3.22. The highest BCUT2D eigenvalue weighted by atomic mass is 19.4. The zero-order valence-electron chi connectivity index (χ0n) is 8.34. The largest absolute Gasteiger partial charge is 0.573 e. The van der Waals surface area contributed by atoms with Gasteiger partial charge in [-0.15, -0.1) is 13.2 Å². The lowest BCUT2D eigenvalue weighted by molar-refractivity contribution is -0.274. The van der Waals surface area contributed by atoms with Crippen molar-refractivity contribution in [1.29, 1.82) is 0 Å². The van der Waals surface area contributed by atoms with Crippen molar-refractivity contribution in [2.75, 3.05) is 0 Å². The number of rotatable bonds is 3. The van der Waals surface area contributed by atoms with Crippen molar-refractivity contribution in [3.05, 3.63) is 23.8 Å². The van der Waals surface area contributed by atoms with Crippen LogP contribution in [0.15, 0.2) is 18.2 Å². The maximum absolute atomic E-state index is 12.0. The second-order valence-electron chi connectivity index (χ2n) is 3.22. The van der Waals surface area contributed by atoms with E-state index in [0.717, 1.165) is 6.07 Å². The quantitative estimate of drug-likeness (QED) is 0.873. The molecule has 0 aliphatic heterocycles. The lowest BCUT2D eigenvalue weighted by Gasteiger charge is -2.12. The van der Waals surface area contributed by atoms with Crippen LogP contribution in [0.25, 0.3) is 0 Å². The summed E-state index contributed by atoms with van der Waals surface area (Å²) < 4.78 is 39.7. The van der Waals surface area contributed by atoms with Crippen LogP contribution < -0.4 is 4.74 Å². The van der Waals surface area contributed by atoms with Gasteiger partial charge in [0.25, 0.3) is 0 Å². The van der Waals surface area contributed by atoms with Crippen molar-refractivity contribution >= 4 is 5.78 Å². The predicted octanol–water partition coefficient (Wildman–Crippen LogP) is 2.42. The third-order valence-corrected chi connectivity index (χ3v) is 1.72. The zero-order valence-corrected chi connectivity index (χ0v) is 8.34. The van der Waals surface area contributed by atoms with Gasteiger partial charge in [0.05, 0.1) is 0 Å². The molecule has 1 rings (SSSR count). The summed E-state index contributed by atoms with van der Waals surface area (Å²) in [6.07, 6.45) is -5.02. The second kappa shape index (κ2) is 4.42. The molecule has 3 nitrogen and oxygen atoms in total. The molecule has 0 bridgehead atoms. The van der Waals surface area contributed by atoms with Crippen LogP contribution in [0, 0.1) is 0 Å². The number of phenolic OH excluding ortho intramolecular Hbond substituents is 1. The van der Waals surface area contributed by atoms with Gasteiger partial charge in [-0.3, -0.25) is 4.79 Å². The van der Waals surface area contributed by atoms with E-state index in [1.165, 1.54) is 19.1 Å². The van der Waals surface area contributed by atoms with Gasteiger partial charge in [0.1, 0.15) is 17.3 Å². The van der Waals surface area contributed by atoms with Gasteiger partial charge in [-0.2, -0.15) is 0 Å². The first-order valence-electron chi connectivity index (χ1n) is 4.35. The lowest BCUT2D eigenvalue weighted by Crippen LogP contribution is -2.18. The van der Waals surface area contributed by atoms with E-state index in [1.807, 2.05) is 0 Å². The van der Waals surface area contributed by atoms with E-state index >= 15 is 0 Å². The van der Waals surface area contributed by atoms with Gasteiger partial charge in [-0.05, 0) is 13.0 Å². The highest BCUT2D eigenvalue weighted by Crippen LogP contribution is 2.30. The molecule has 1 N–H and O–H groups in total. The van der Waals surface area contributed by atoms with Crippen molar-refractivity contribution in [2.24, 2.45) is 0 Å². The summed E-state index contributed by atoms with van der Waals surface area (Å²) in [5, 5.41) is 9.04. The number of phenols is 1. The summed E-state index contributed by atoms with van der Waals surface area (Å²) in [5.41, 5.74) is 0.0858. The molecule has 0 aliphatic rings. The zero-order chi connectivity index (χ0) is 12.3. The topological polar surface area (TPSA) is 46.5 Å². The standard InChI is InChI=1S/C10H9F3O3/c1-6(14)4-7-2-3-8(15)5-9(7)16-10(11,12)13/h2-3,5,15H,4H2,1H3. The molecule has 1 aromatic rings. The van der Waals surface area contributed by atoms with Crippen LogP contribution in [0.5, 0.6) is 11.5 Å². The highest BCUT2D eigenvalue weighted by Gasteiger charge is 2.32. The highest BCUT2D eigenvalue weighted by molar-refractivity contribution is 5.79. The monoisotopic (exact) mass is 234 g/mol. The average Bonchev–Trinajstić information content (AvgIpc) is 2.06. The number of Topliss-reactive ketones (excluding diaryl/α,β-unsaturated/α-hetero) is 1. The lowest BCUT2D eigenvalue weighted by atomic mass is 10.1. The Hall–Kier alpha value is -1.72. The summed E-state index contributed by atoms with van der Waals surface area (Å²) >= 11 is 0. The van der Waals surface area contributed by atoms with E-state index in [-0.39, 0.29) is 23.5 Å². The molecule has 0 aliphatic carbocycles. The first-order chi connectivity index (χ1) is 7.28. The predicted molar refractivity (Wildman–Crippen MR) is 49.2 cm³/mol. The van der Waals surface area contributed by atoms with Crippen LogP contribution in [0.2, 0.25) is 0 Å². The Kier molecular flexibility index (Phi) is 3.41. The molecule has 88 valence electrons. The molecular formula is C10H9F3O3. The summed E-state index contributed by atoms with van der Waals surface area (Å²) in [4.78, 5) is 10.8. The van der Waals surface area contributed by atoms with Crippen LogP contribution in [-0.4, -0.2) is 17.3 Å². The fourth-order valence-corrected chi connectivity index (χ4v) is 1.18. The number of carbonyl (C=O) groups excluding carboxylic acids is 1. The molecule has 16 heavy (non-hydrogen) atoms.